The Morgan fingerprint density at radius 3 is 2.90 bits per heavy atom. The molecule has 0 radical (unpaired) electrons. The van der Waals surface area contributed by atoms with Gasteiger partial charge in [-0.3, -0.25) is 0 Å². The molecule has 0 saturated carbocycles. The molecule has 1 aromatic heterocycles. The molecule has 0 aromatic carbocycles. The van der Waals surface area contributed by atoms with Gasteiger partial charge in [-0.1, -0.05) is 18.5 Å². The van der Waals surface area contributed by atoms with Crippen molar-refractivity contribution in [1.29, 1.82) is 0 Å². The molecule has 1 aromatic rings. The second-order valence-corrected chi connectivity index (χ2v) is 7.44. The number of hydrogen-bond acceptors (Lipinski definition) is 4. The first-order valence-electron chi connectivity index (χ1n) is 6.79. The first-order chi connectivity index (χ1) is 9.40. The van der Waals surface area contributed by atoms with E-state index >= 15 is 0 Å². The summed E-state index contributed by atoms with van der Waals surface area (Å²) in [6.07, 6.45) is 3.83. The molecule has 1 N–H and O–H groups in total. The highest BCUT2D eigenvalue weighted by Crippen LogP contribution is 2.18. The highest BCUT2D eigenvalue weighted by atomic mass is 35.5. The number of nitrogens with one attached hydrogen (secondary N) is 1. The summed E-state index contributed by atoms with van der Waals surface area (Å²) in [5.74, 6) is 0.686. The van der Waals surface area contributed by atoms with E-state index in [2.05, 4.69) is 21.5 Å². The van der Waals surface area contributed by atoms with E-state index in [4.69, 9.17) is 11.6 Å². The Bertz CT molecular complexity index is 558. The number of likely N-dealkylation sites (tertiary alicyclic amines) is 1. The Balaban J connectivity index is 1.88. The summed E-state index contributed by atoms with van der Waals surface area (Å²) >= 11 is 5.91. The lowest BCUT2D eigenvalue weighted by atomic mass is 10.0. The largest absolute Gasteiger partial charge is 0.324 e. The van der Waals surface area contributed by atoms with Crippen molar-refractivity contribution in [3.8, 4) is 0 Å². The molecule has 8 heteroatoms. The average molecular weight is 321 g/mol. The van der Waals surface area contributed by atoms with Gasteiger partial charge in [-0.25, -0.2) is 18.1 Å². The predicted octanol–water partition coefficient (Wildman–Crippen LogP) is 1.08. The summed E-state index contributed by atoms with van der Waals surface area (Å²) in [4.78, 5) is 6.12. The quantitative estimate of drug-likeness (QED) is 0.881. The number of sulfonamides is 1. The van der Waals surface area contributed by atoms with Gasteiger partial charge in [0, 0.05) is 26.7 Å². The fourth-order valence-electron chi connectivity index (χ4n) is 2.47. The molecular formula is C12H21ClN4O2S. The van der Waals surface area contributed by atoms with Crippen LogP contribution in [-0.2, 0) is 17.1 Å². The SMILES string of the molecule is CC1CCCN(CCNS(=O)(=O)c2ncn(C)c2Cl)C1. The minimum atomic E-state index is -3.63. The lowest BCUT2D eigenvalue weighted by Crippen LogP contribution is -2.40. The minimum absolute atomic E-state index is 0.103. The van der Waals surface area contributed by atoms with Crippen molar-refractivity contribution in [1.82, 2.24) is 19.2 Å². The Kier molecular flexibility index (Phi) is 5.06. The van der Waals surface area contributed by atoms with E-state index in [1.165, 1.54) is 23.7 Å². The standard InChI is InChI=1S/C12H21ClN4O2S/c1-10-4-3-6-17(8-10)7-5-15-20(18,19)12-11(13)16(2)9-14-12/h9-10,15H,3-8H2,1-2H3. The summed E-state index contributed by atoms with van der Waals surface area (Å²) in [7, 11) is -1.97. The maximum absolute atomic E-state index is 12.1. The molecule has 1 aliphatic rings. The van der Waals surface area contributed by atoms with Gasteiger partial charge in [-0.15, -0.1) is 0 Å². The minimum Gasteiger partial charge on any atom is -0.324 e. The lowest BCUT2D eigenvalue weighted by molar-refractivity contribution is 0.187. The molecular weight excluding hydrogens is 300 g/mol. The van der Waals surface area contributed by atoms with Crippen LogP contribution in [0.4, 0.5) is 0 Å². The van der Waals surface area contributed by atoms with Crippen molar-refractivity contribution in [2.24, 2.45) is 13.0 Å². The van der Waals surface area contributed by atoms with Crippen molar-refractivity contribution in [2.45, 2.75) is 24.8 Å². The summed E-state index contributed by atoms with van der Waals surface area (Å²) in [5.41, 5.74) is 0. The van der Waals surface area contributed by atoms with E-state index < -0.39 is 10.0 Å². The topological polar surface area (TPSA) is 67.2 Å². The van der Waals surface area contributed by atoms with Crippen molar-refractivity contribution in [2.75, 3.05) is 26.2 Å². The molecule has 1 fully saturated rings. The molecule has 1 aliphatic heterocycles. The van der Waals surface area contributed by atoms with Gasteiger partial charge in [0.05, 0.1) is 6.33 Å². The molecule has 2 heterocycles. The molecule has 6 nitrogen and oxygen atoms in total. The highest BCUT2D eigenvalue weighted by molar-refractivity contribution is 7.89. The lowest BCUT2D eigenvalue weighted by Gasteiger charge is -2.30. The van der Waals surface area contributed by atoms with E-state index in [0.29, 0.717) is 19.0 Å². The maximum Gasteiger partial charge on any atom is 0.261 e. The number of piperidine rings is 1. The second kappa shape index (κ2) is 6.43. The van der Waals surface area contributed by atoms with Crippen molar-refractivity contribution >= 4 is 21.6 Å². The highest BCUT2D eigenvalue weighted by Gasteiger charge is 2.22. The van der Waals surface area contributed by atoms with E-state index in [0.717, 1.165) is 13.1 Å². The smallest absolute Gasteiger partial charge is 0.261 e. The van der Waals surface area contributed by atoms with Gasteiger partial charge in [0.2, 0.25) is 5.03 Å². The first kappa shape index (κ1) is 15.8. The number of imidazole rings is 1. The van der Waals surface area contributed by atoms with E-state index in [1.807, 2.05) is 0 Å². The number of halogens is 1. The average Bonchev–Trinajstić information content (AvgIpc) is 2.70. The fourth-order valence-corrected chi connectivity index (χ4v) is 3.92. The Morgan fingerprint density at radius 1 is 1.55 bits per heavy atom. The first-order valence-corrected chi connectivity index (χ1v) is 8.65. The Morgan fingerprint density at radius 2 is 2.30 bits per heavy atom. The van der Waals surface area contributed by atoms with Gasteiger partial charge in [0.1, 0.15) is 5.15 Å². The van der Waals surface area contributed by atoms with E-state index in [-0.39, 0.29) is 10.2 Å². The van der Waals surface area contributed by atoms with Crippen LogP contribution < -0.4 is 4.72 Å². The fraction of sp³-hybridized carbons (Fsp3) is 0.750. The van der Waals surface area contributed by atoms with Gasteiger partial charge in [-0.05, 0) is 25.3 Å². The zero-order valence-corrected chi connectivity index (χ0v) is 13.4. The van der Waals surface area contributed by atoms with Crippen LogP contribution in [0.25, 0.3) is 0 Å². The van der Waals surface area contributed by atoms with E-state index in [1.54, 1.807) is 7.05 Å². The Hall–Kier alpha value is -0.630. The number of rotatable bonds is 5. The number of aromatic nitrogens is 2. The normalized spacial score (nSPS) is 21.2. The van der Waals surface area contributed by atoms with Gasteiger partial charge in [-0.2, -0.15) is 0 Å². The van der Waals surface area contributed by atoms with Crippen LogP contribution in [0.15, 0.2) is 11.4 Å². The zero-order chi connectivity index (χ0) is 14.8. The van der Waals surface area contributed by atoms with Crippen molar-refractivity contribution in [3.63, 3.8) is 0 Å². The zero-order valence-electron chi connectivity index (χ0n) is 11.8. The van der Waals surface area contributed by atoms with Crippen molar-refractivity contribution < 1.29 is 8.42 Å². The summed E-state index contributed by atoms with van der Waals surface area (Å²) in [6.45, 7) is 5.39. The third kappa shape index (κ3) is 3.72. The molecule has 0 bridgehead atoms. The molecule has 0 aliphatic carbocycles. The molecule has 114 valence electrons. The van der Waals surface area contributed by atoms with Crippen LogP contribution in [0, 0.1) is 5.92 Å². The Labute approximate surface area is 125 Å². The van der Waals surface area contributed by atoms with Crippen LogP contribution in [0.1, 0.15) is 19.8 Å². The summed E-state index contributed by atoms with van der Waals surface area (Å²) in [6, 6.07) is 0. The van der Waals surface area contributed by atoms with Crippen LogP contribution in [0.3, 0.4) is 0 Å². The number of hydrogen-bond donors (Lipinski definition) is 1. The number of aryl methyl sites for hydroxylation is 1. The number of nitrogens with zero attached hydrogens (tertiary/aromatic N) is 3. The predicted molar refractivity (Wildman–Crippen MR) is 78.2 cm³/mol. The van der Waals surface area contributed by atoms with Gasteiger partial charge in [0.15, 0.2) is 0 Å². The van der Waals surface area contributed by atoms with Crippen LogP contribution >= 0.6 is 11.6 Å². The second-order valence-electron chi connectivity index (χ2n) is 5.40. The molecule has 2 rings (SSSR count). The van der Waals surface area contributed by atoms with Crippen molar-refractivity contribution in [3.05, 3.63) is 11.5 Å². The van der Waals surface area contributed by atoms with Crippen LogP contribution in [-0.4, -0.2) is 49.0 Å². The summed E-state index contributed by atoms with van der Waals surface area (Å²) < 4.78 is 28.2. The molecule has 1 unspecified atom stereocenters. The van der Waals surface area contributed by atoms with Gasteiger partial charge >= 0.3 is 0 Å². The maximum atomic E-state index is 12.1. The molecule has 1 saturated heterocycles. The van der Waals surface area contributed by atoms with E-state index in [9.17, 15) is 8.42 Å². The van der Waals surface area contributed by atoms with Gasteiger partial charge < -0.3 is 9.47 Å². The third-order valence-corrected chi connectivity index (χ3v) is 5.50. The molecule has 1 atom stereocenters. The van der Waals surface area contributed by atoms with Gasteiger partial charge in [0.25, 0.3) is 10.0 Å². The molecule has 0 amide bonds. The third-order valence-electron chi connectivity index (χ3n) is 3.55. The molecule has 20 heavy (non-hydrogen) atoms. The summed E-state index contributed by atoms with van der Waals surface area (Å²) in [5, 5.41) is 0.0257. The van der Waals surface area contributed by atoms with Crippen LogP contribution in [0.5, 0.6) is 0 Å². The molecule has 0 spiro atoms. The van der Waals surface area contributed by atoms with Crippen LogP contribution in [0.2, 0.25) is 5.15 Å². The monoisotopic (exact) mass is 320 g/mol.